The minimum absolute atomic E-state index is 0.0425. The van der Waals surface area contributed by atoms with E-state index in [0.717, 1.165) is 22.4 Å². The first kappa shape index (κ1) is 17.5. The van der Waals surface area contributed by atoms with Gasteiger partial charge in [0, 0.05) is 0 Å². The molecule has 1 atom stereocenters. The third kappa shape index (κ3) is 2.72. The minimum atomic E-state index is -0.456. The summed E-state index contributed by atoms with van der Waals surface area (Å²) in [5, 5.41) is 17.1. The molecule has 0 bridgehead atoms. The molecule has 7 nitrogen and oxygen atoms in total. The summed E-state index contributed by atoms with van der Waals surface area (Å²) in [5.41, 5.74) is 9.63. The first-order valence-electron chi connectivity index (χ1n) is 8.61. The van der Waals surface area contributed by atoms with Gasteiger partial charge in [-0.25, -0.2) is 0 Å². The van der Waals surface area contributed by atoms with Crippen LogP contribution in [0.4, 0.5) is 0 Å². The Morgan fingerprint density at radius 3 is 2.54 bits per heavy atom. The average molecular weight is 374 g/mol. The van der Waals surface area contributed by atoms with E-state index in [9.17, 15) is 5.26 Å². The number of aromatic amines is 1. The Morgan fingerprint density at radius 1 is 1.11 bits per heavy atom. The predicted molar refractivity (Wildman–Crippen MR) is 103 cm³/mol. The fourth-order valence-corrected chi connectivity index (χ4v) is 3.44. The number of nitrogens with one attached hydrogen (secondary N) is 1. The van der Waals surface area contributed by atoms with Gasteiger partial charge in [-0.2, -0.15) is 5.26 Å². The highest BCUT2D eigenvalue weighted by Gasteiger charge is 2.36. The fourth-order valence-electron chi connectivity index (χ4n) is 3.44. The van der Waals surface area contributed by atoms with Crippen LogP contribution in [-0.2, 0) is 0 Å². The van der Waals surface area contributed by atoms with Crippen LogP contribution >= 0.6 is 0 Å². The number of ether oxygens (including phenoxy) is 3. The zero-order valence-corrected chi connectivity index (χ0v) is 15.4. The lowest BCUT2D eigenvalue weighted by Crippen LogP contribution is -2.21. The molecule has 0 radical (unpaired) electrons. The molecule has 0 unspecified atom stereocenters. The number of H-pyrrole nitrogens is 1. The van der Waals surface area contributed by atoms with E-state index in [2.05, 4.69) is 16.3 Å². The van der Waals surface area contributed by atoms with Gasteiger partial charge in [0.1, 0.15) is 11.6 Å². The van der Waals surface area contributed by atoms with Crippen LogP contribution in [0.3, 0.4) is 0 Å². The molecule has 3 aromatic rings. The Bertz CT molecular complexity index is 1100. The molecule has 2 heterocycles. The van der Waals surface area contributed by atoms with Crippen molar-refractivity contribution in [1.29, 1.82) is 5.26 Å². The lowest BCUT2D eigenvalue weighted by atomic mass is 9.83. The Labute approximate surface area is 162 Å². The standard InChI is InChI=1S/C21H18N4O3/c1-26-15-9-8-13(10-16(15)27-2)17-14(11-22)20(23)28-21-18(17)19(24-25-21)12-6-4-3-5-7-12/h3-10,17H,23H2,1-2H3,(H,24,25)/t17-/m1/s1. The summed E-state index contributed by atoms with van der Waals surface area (Å²) in [5.74, 6) is 1.11. The van der Waals surface area contributed by atoms with E-state index in [0.29, 0.717) is 23.0 Å². The highest BCUT2D eigenvalue weighted by molar-refractivity contribution is 5.71. The quantitative estimate of drug-likeness (QED) is 0.726. The van der Waals surface area contributed by atoms with Crippen LogP contribution in [0.1, 0.15) is 17.0 Å². The first-order chi connectivity index (χ1) is 13.7. The number of methoxy groups -OCH3 is 2. The van der Waals surface area contributed by atoms with E-state index in [1.54, 1.807) is 20.3 Å². The molecule has 0 saturated carbocycles. The van der Waals surface area contributed by atoms with Gasteiger partial charge < -0.3 is 19.9 Å². The second-order valence-corrected chi connectivity index (χ2v) is 6.22. The van der Waals surface area contributed by atoms with E-state index in [4.69, 9.17) is 19.9 Å². The fraction of sp³-hybridized carbons (Fsp3) is 0.143. The van der Waals surface area contributed by atoms with Crippen molar-refractivity contribution >= 4 is 0 Å². The Kier molecular flexibility index (Phi) is 4.38. The monoisotopic (exact) mass is 374 g/mol. The van der Waals surface area contributed by atoms with E-state index >= 15 is 0 Å². The predicted octanol–water partition coefficient (Wildman–Crippen LogP) is 3.31. The molecular weight excluding hydrogens is 356 g/mol. The van der Waals surface area contributed by atoms with Crippen molar-refractivity contribution in [3.63, 3.8) is 0 Å². The Balaban J connectivity index is 1.94. The van der Waals surface area contributed by atoms with Crippen molar-refractivity contribution in [2.45, 2.75) is 5.92 Å². The van der Waals surface area contributed by atoms with Gasteiger partial charge in [0.2, 0.25) is 11.8 Å². The number of nitrogens with zero attached hydrogens (tertiary/aromatic N) is 2. The van der Waals surface area contributed by atoms with Crippen molar-refractivity contribution in [2.75, 3.05) is 14.2 Å². The second kappa shape index (κ2) is 7.00. The maximum Gasteiger partial charge on any atom is 0.244 e. The Morgan fingerprint density at radius 2 is 1.86 bits per heavy atom. The average Bonchev–Trinajstić information content (AvgIpc) is 3.16. The number of rotatable bonds is 4. The van der Waals surface area contributed by atoms with Crippen molar-refractivity contribution in [3.8, 4) is 34.7 Å². The Hall–Kier alpha value is -3.92. The van der Waals surface area contributed by atoms with Gasteiger partial charge >= 0.3 is 0 Å². The van der Waals surface area contributed by atoms with Gasteiger partial charge in [0.05, 0.1) is 31.4 Å². The number of hydrogen-bond donors (Lipinski definition) is 2. The molecular formula is C21H18N4O3. The normalized spacial score (nSPS) is 15.4. The van der Waals surface area contributed by atoms with Gasteiger partial charge in [-0.05, 0) is 23.3 Å². The molecule has 3 N–H and O–H groups in total. The lowest BCUT2D eigenvalue weighted by molar-refractivity contribution is 0.354. The minimum Gasteiger partial charge on any atom is -0.493 e. The second-order valence-electron chi connectivity index (χ2n) is 6.22. The van der Waals surface area contributed by atoms with Gasteiger partial charge in [0.25, 0.3) is 0 Å². The third-order valence-electron chi connectivity index (χ3n) is 4.74. The molecule has 2 aromatic carbocycles. The number of nitriles is 1. The summed E-state index contributed by atoms with van der Waals surface area (Å²) < 4.78 is 16.4. The molecule has 4 rings (SSSR count). The van der Waals surface area contributed by atoms with E-state index in [-0.39, 0.29) is 5.88 Å². The van der Waals surface area contributed by atoms with Crippen LogP contribution in [0.2, 0.25) is 0 Å². The van der Waals surface area contributed by atoms with Crippen LogP contribution in [0.5, 0.6) is 17.4 Å². The highest BCUT2D eigenvalue weighted by atomic mass is 16.5. The maximum absolute atomic E-state index is 9.79. The van der Waals surface area contributed by atoms with Crippen LogP contribution in [0.15, 0.2) is 60.0 Å². The maximum atomic E-state index is 9.79. The smallest absolute Gasteiger partial charge is 0.244 e. The summed E-state index contributed by atoms with van der Waals surface area (Å²) in [6.45, 7) is 0. The molecule has 7 heteroatoms. The lowest BCUT2D eigenvalue weighted by Gasteiger charge is -2.24. The molecule has 0 spiro atoms. The molecule has 28 heavy (non-hydrogen) atoms. The number of hydrogen-bond acceptors (Lipinski definition) is 6. The summed E-state index contributed by atoms with van der Waals surface area (Å²) in [7, 11) is 3.14. The van der Waals surface area contributed by atoms with E-state index in [1.165, 1.54) is 0 Å². The number of benzene rings is 2. The highest BCUT2D eigenvalue weighted by Crippen LogP contribution is 2.46. The van der Waals surface area contributed by atoms with Crippen LogP contribution in [-0.4, -0.2) is 24.4 Å². The molecule has 0 fully saturated rings. The van der Waals surface area contributed by atoms with Gasteiger partial charge in [-0.3, -0.25) is 5.10 Å². The van der Waals surface area contributed by atoms with Crippen molar-refractivity contribution in [1.82, 2.24) is 10.2 Å². The number of fused-ring (bicyclic) bond motifs is 1. The van der Waals surface area contributed by atoms with Gasteiger partial charge in [-0.15, -0.1) is 5.10 Å². The van der Waals surface area contributed by atoms with Crippen molar-refractivity contribution in [3.05, 3.63) is 71.1 Å². The van der Waals surface area contributed by atoms with E-state index in [1.807, 2.05) is 42.5 Å². The SMILES string of the molecule is COc1ccc([C@@H]2C(C#N)=C(N)Oc3n[nH]c(-c4ccccc4)c32)cc1OC. The first-order valence-corrected chi connectivity index (χ1v) is 8.61. The largest absolute Gasteiger partial charge is 0.493 e. The summed E-state index contributed by atoms with van der Waals surface area (Å²) in [4.78, 5) is 0. The van der Waals surface area contributed by atoms with Crippen LogP contribution in [0.25, 0.3) is 11.3 Å². The van der Waals surface area contributed by atoms with Gasteiger partial charge in [0.15, 0.2) is 11.5 Å². The third-order valence-corrected chi connectivity index (χ3v) is 4.74. The van der Waals surface area contributed by atoms with Crippen molar-refractivity contribution < 1.29 is 14.2 Å². The molecule has 1 aliphatic rings. The van der Waals surface area contributed by atoms with E-state index < -0.39 is 5.92 Å². The summed E-state index contributed by atoms with van der Waals surface area (Å²) in [6, 6.07) is 17.5. The summed E-state index contributed by atoms with van der Waals surface area (Å²) in [6.07, 6.45) is 0. The zero-order chi connectivity index (χ0) is 19.7. The molecule has 1 aliphatic heterocycles. The van der Waals surface area contributed by atoms with Crippen LogP contribution < -0.4 is 19.9 Å². The van der Waals surface area contributed by atoms with Gasteiger partial charge in [-0.1, -0.05) is 36.4 Å². The zero-order valence-electron chi connectivity index (χ0n) is 15.4. The number of nitrogens with two attached hydrogens (primary N) is 1. The summed E-state index contributed by atoms with van der Waals surface area (Å²) >= 11 is 0. The number of aromatic nitrogens is 2. The molecule has 140 valence electrons. The van der Waals surface area contributed by atoms with Crippen LogP contribution in [0, 0.1) is 11.3 Å². The molecule has 0 aliphatic carbocycles. The topological polar surface area (TPSA) is 106 Å². The molecule has 0 saturated heterocycles. The molecule has 1 aromatic heterocycles. The molecule has 0 amide bonds. The number of allylic oxidation sites excluding steroid dienone is 1. The van der Waals surface area contributed by atoms with Crippen molar-refractivity contribution in [2.24, 2.45) is 5.73 Å².